The summed E-state index contributed by atoms with van der Waals surface area (Å²) in [7, 11) is 0. The van der Waals surface area contributed by atoms with E-state index in [4.69, 9.17) is 5.73 Å². The molecule has 1 heterocycles. The Kier molecular flexibility index (Phi) is 5.68. The number of nitrogen functional groups attached to an aromatic ring is 1. The van der Waals surface area contributed by atoms with Crippen LogP contribution in [0.25, 0.3) is 0 Å². The summed E-state index contributed by atoms with van der Waals surface area (Å²) >= 11 is 0. The van der Waals surface area contributed by atoms with Gasteiger partial charge < -0.3 is 11.1 Å². The monoisotopic (exact) mass is 252 g/mol. The van der Waals surface area contributed by atoms with Gasteiger partial charge in [-0.1, -0.05) is 27.2 Å². The number of aromatic nitrogens is 2. The number of anilines is 1. The van der Waals surface area contributed by atoms with Gasteiger partial charge >= 0.3 is 0 Å². The number of unbranched alkanes of at least 4 members (excludes halogenated alkanes) is 1. The van der Waals surface area contributed by atoms with Crippen LogP contribution in [0.1, 0.15) is 45.0 Å². The Bertz CT molecular complexity index is 398. The molecular formula is C13H24N4O. The van der Waals surface area contributed by atoms with Crippen LogP contribution >= 0.6 is 0 Å². The van der Waals surface area contributed by atoms with Crippen molar-refractivity contribution in [1.29, 1.82) is 0 Å². The average Bonchev–Trinajstić information content (AvgIpc) is 2.65. The van der Waals surface area contributed by atoms with Crippen LogP contribution in [0.3, 0.4) is 0 Å². The molecule has 3 N–H and O–H groups in total. The first kappa shape index (κ1) is 14.5. The fourth-order valence-corrected chi connectivity index (χ4v) is 1.93. The van der Waals surface area contributed by atoms with Crippen molar-refractivity contribution in [3.63, 3.8) is 0 Å². The lowest BCUT2D eigenvalue weighted by molar-refractivity contribution is -0.121. The zero-order chi connectivity index (χ0) is 13.5. The van der Waals surface area contributed by atoms with Gasteiger partial charge in [0.25, 0.3) is 0 Å². The van der Waals surface area contributed by atoms with Crippen LogP contribution in [-0.4, -0.2) is 22.2 Å². The lowest BCUT2D eigenvalue weighted by atomic mass is 10.2. The number of nitrogens with two attached hydrogens (primary N) is 1. The Labute approximate surface area is 109 Å². The van der Waals surface area contributed by atoms with Crippen LogP contribution in [0, 0.1) is 0 Å². The number of rotatable bonds is 7. The van der Waals surface area contributed by atoms with E-state index in [1.807, 2.05) is 13.8 Å². The number of nitrogens with zero attached hydrogens (tertiary/aromatic N) is 2. The summed E-state index contributed by atoms with van der Waals surface area (Å²) in [6.07, 6.45) is 3.67. The highest BCUT2D eigenvalue weighted by molar-refractivity contribution is 5.75. The number of carbonyl (C=O) groups is 1. The molecule has 0 aliphatic carbocycles. The van der Waals surface area contributed by atoms with Crippen molar-refractivity contribution in [3.8, 4) is 0 Å². The van der Waals surface area contributed by atoms with E-state index in [1.165, 1.54) is 0 Å². The Balaban J connectivity index is 2.68. The quantitative estimate of drug-likeness (QED) is 0.722. The van der Waals surface area contributed by atoms with Gasteiger partial charge in [-0.05, 0) is 19.3 Å². The zero-order valence-electron chi connectivity index (χ0n) is 11.6. The van der Waals surface area contributed by atoms with E-state index in [-0.39, 0.29) is 12.5 Å². The molecule has 1 aromatic rings. The predicted molar refractivity (Wildman–Crippen MR) is 73.3 cm³/mol. The third-order valence-corrected chi connectivity index (χ3v) is 2.99. The van der Waals surface area contributed by atoms with Gasteiger partial charge in [-0.15, -0.1) is 0 Å². The molecule has 18 heavy (non-hydrogen) atoms. The number of aryl methyl sites for hydroxylation is 1. The van der Waals surface area contributed by atoms with E-state index in [9.17, 15) is 4.79 Å². The second-order valence-electron chi connectivity index (χ2n) is 4.38. The van der Waals surface area contributed by atoms with Crippen molar-refractivity contribution in [2.45, 2.75) is 53.0 Å². The molecule has 1 amide bonds. The minimum Gasteiger partial charge on any atom is -0.396 e. The molecule has 5 heteroatoms. The summed E-state index contributed by atoms with van der Waals surface area (Å²) < 4.78 is 1.73. The lowest BCUT2D eigenvalue weighted by Gasteiger charge is -2.07. The van der Waals surface area contributed by atoms with Gasteiger partial charge in [0.1, 0.15) is 6.54 Å². The van der Waals surface area contributed by atoms with Gasteiger partial charge in [-0.25, -0.2) is 0 Å². The standard InChI is InChI=1S/C13H24N4O/c1-4-7-8-15-12(18)9-17-11(6-3)13(14)10(5-2)16-17/h4-9,14H2,1-3H3,(H,15,18). The maximum atomic E-state index is 11.8. The number of carbonyl (C=O) groups excluding carboxylic acids is 1. The predicted octanol–water partition coefficient (Wildman–Crippen LogP) is 1.51. The fourth-order valence-electron chi connectivity index (χ4n) is 1.93. The van der Waals surface area contributed by atoms with Crippen LogP contribution in [0.15, 0.2) is 0 Å². The molecule has 0 atom stereocenters. The molecule has 0 aliphatic heterocycles. The summed E-state index contributed by atoms with van der Waals surface area (Å²) in [6, 6.07) is 0. The third-order valence-electron chi connectivity index (χ3n) is 2.99. The summed E-state index contributed by atoms with van der Waals surface area (Å²) in [5.74, 6) is 0.00306. The fraction of sp³-hybridized carbons (Fsp3) is 0.692. The highest BCUT2D eigenvalue weighted by Crippen LogP contribution is 2.18. The molecule has 1 aromatic heterocycles. The summed E-state index contributed by atoms with van der Waals surface area (Å²) in [4.78, 5) is 11.8. The van der Waals surface area contributed by atoms with Crippen LogP contribution in [0.5, 0.6) is 0 Å². The second-order valence-corrected chi connectivity index (χ2v) is 4.38. The highest BCUT2D eigenvalue weighted by Gasteiger charge is 2.14. The largest absolute Gasteiger partial charge is 0.396 e. The van der Waals surface area contributed by atoms with Gasteiger partial charge in [0, 0.05) is 6.54 Å². The Morgan fingerprint density at radius 1 is 1.33 bits per heavy atom. The molecule has 0 unspecified atom stereocenters. The van der Waals surface area contributed by atoms with Gasteiger partial charge in [-0.3, -0.25) is 9.48 Å². The molecule has 0 aliphatic rings. The van der Waals surface area contributed by atoms with E-state index in [2.05, 4.69) is 17.3 Å². The summed E-state index contributed by atoms with van der Waals surface area (Å²) in [5, 5.41) is 7.29. The smallest absolute Gasteiger partial charge is 0.241 e. The Morgan fingerprint density at radius 3 is 2.61 bits per heavy atom. The number of amides is 1. The van der Waals surface area contributed by atoms with Gasteiger partial charge in [0.05, 0.1) is 17.1 Å². The van der Waals surface area contributed by atoms with Gasteiger partial charge in [0.2, 0.25) is 5.91 Å². The van der Waals surface area contributed by atoms with Crippen molar-refractivity contribution < 1.29 is 4.79 Å². The molecule has 0 saturated carbocycles. The molecule has 1 rings (SSSR count). The second kappa shape index (κ2) is 7.03. The van der Waals surface area contributed by atoms with Crippen LogP contribution in [-0.2, 0) is 24.2 Å². The first-order valence-electron chi connectivity index (χ1n) is 6.74. The molecule has 102 valence electrons. The molecule has 0 saturated heterocycles. The number of nitrogens with one attached hydrogen (secondary N) is 1. The average molecular weight is 252 g/mol. The van der Waals surface area contributed by atoms with Crippen molar-refractivity contribution in [2.24, 2.45) is 0 Å². The lowest BCUT2D eigenvalue weighted by Crippen LogP contribution is -2.29. The Hall–Kier alpha value is -1.52. The van der Waals surface area contributed by atoms with Gasteiger partial charge in [0.15, 0.2) is 0 Å². The minimum atomic E-state index is 0.00306. The maximum absolute atomic E-state index is 11.8. The van der Waals surface area contributed by atoms with Crippen LogP contribution in [0.4, 0.5) is 5.69 Å². The molecule has 0 fully saturated rings. The molecular weight excluding hydrogens is 228 g/mol. The number of hydrogen-bond acceptors (Lipinski definition) is 3. The van der Waals surface area contributed by atoms with Crippen LogP contribution in [0.2, 0.25) is 0 Å². The van der Waals surface area contributed by atoms with Crippen molar-refractivity contribution in [3.05, 3.63) is 11.4 Å². The summed E-state index contributed by atoms with van der Waals surface area (Å²) in [5.41, 5.74) is 8.58. The van der Waals surface area contributed by atoms with E-state index < -0.39 is 0 Å². The molecule has 0 spiro atoms. The molecule has 5 nitrogen and oxygen atoms in total. The van der Waals surface area contributed by atoms with Crippen LogP contribution < -0.4 is 11.1 Å². The Morgan fingerprint density at radius 2 is 2.06 bits per heavy atom. The van der Waals surface area contributed by atoms with Crippen molar-refractivity contribution >= 4 is 11.6 Å². The summed E-state index contributed by atoms with van der Waals surface area (Å²) in [6.45, 7) is 7.14. The van der Waals surface area contributed by atoms with Crippen molar-refractivity contribution in [1.82, 2.24) is 15.1 Å². The first-order valence-corrected chi connectivity index (χ1v) is 6.74. The molecule has 0 aromatic carbocycles. The zero-order valence-corrected chi connectivity index (χ0v) is 11.6. The highest BCUT2D eigenvalue weighted by atomic mass is 16.2. The third kappa shape index (κ3) is 3.48. The normalized spacial score (nSPS) is 10.6. The molecule has 0 radical (unpaired) electrons. The van der Waals surface area contributed by atoms with E-state index in [1.54, 1.807) is 4.68 Å². The van der Waals surface area contributed by atoms with E-state index >= 15 is 0 Å². The topological polar surface area (TPSA) is 72.9 Å². The SMILES string of the molecule is CCCCNC(=O)Cn1nc(CC)c(N)c1CC. The number of hydrogen-bond donors (Lipinski definition) is 2. The first-order chi connectivity index (χ1) is 8.63. The van der Waals surface area contributed by atoms with E-state index in [0.29, 0.717) is 0 Å². The molecule has 0 bridgehead atoms. The van der Waals surface area contributed by atoms with Gasteiger partial charge in [-0.2, -0.15) is 5.10 Å². The minimum absolute atomic E-state index is 0.00306. The van der Waals surface area contributed by atoms with E-state index in [0.717, 1.165) is 49.3 Å². The maximum Gasteiger partial charge on any atom is 0.241 e. The van der Waals surface area contributed by atoms with Crippen molar-refractivity contribution in [2.75, 3.05) is 12.3 Å².